The molecule has 0 aliphatic rings. The SMILES string of the molecule is Cc1ccc(NCc2cn[nH]c2-c2ccc(C)o2)c(F)c1. The van der Waals surface area contributed by atoms with Crippen molar-refractivity contribution in [3.05, 3.63) is 59.2 Å². The summed E-state index contributed by atoms with van der Waals surface area (Å²) in [6.07, 6.45) is 1.71. The van der Waals surface area contributed by atoms with Crippen molar-refractivity contribution in [1.29, 1.82) is 0 Å². The molecule has 21 heavy (non-hydrogen) atoms. The second-order valence-corrected chi connectivity index (χ2v) is 5.02. The number of rotatable bonds is 4. The largest absolute Gasteiger partial charge is 0.460 e. The van der Waals surface area contributed by atoms with Crippen LogP contribution in [0.1, 0.15) is 16.9 Å². The molecule has 0 fully saturated rings. The molecule has 2 N–H and O–H groups in total. The van der Waals surface area contributed by atoms with Crippen LogP contribution < -0.4 is 5.32 Å². The Labute approximate surface area is 122 Å². The molecule has 1 aromatic carbocycles. The minimum atomic E-state index is -0.256. The Morgan fingerprint density at radius 2 is 2.10 bits per heavy atom. The lowest BCUT2D eigenvalue weighted by Gasteiger charge is -2.08. The molecule has 0 atom stereocenters. The predicted octanol–water partition coefficient (Wildman–Crippen LogP) is 4.04. The first-order valence-electron chi connectivity index (χ1n) is 6.72. The van der Waals surface area contributed by atoms with Gasteiger partial charge in [0, 0.05) is 12.1 Å². The van der Waals surface area contributed by atoms with Crippen LogP contribution in [0.5, 0.6) is 0 Å². The molecule has 0 amide bonds. The molecular formula is C16H16FN3O. The molecule has 108 valence electrons. The Hall–Kier alpha value is -2.56. The van der Waals surface area contributed by atoms with E-state index < -0.39 is 0 Å². The summed E-state index contributed by atoms with van der Waals surface area (Å²) < 4.78 is 19.4. The number of furan rings is 1. The van der Waals surface area contributed by atoms with E-state index in [4.69, 9.17) is 4.42 Å². The van der Waals surface area contributed by atoms with Crippen LogP contribution in [0.2, 0.25) is 0 Å². The molecule has 0 saturated carbocycles. The first kappa shape index (κ1) is 13.4. The molecule has 2 heterocycles. The standard InChI is InChI=1S/C16H16FN3O/c1-10-3-5-14(13(17)7-10)18-8-12-9-19-20-16(12)15-6-4-11(2)21-15/h3-7,9,18H,8H2,1-2H3,(H,19,20). The number of H-pyrrole nitrogens is 1. The number of hydrogen-bond acceptors (Lipinski definition) is 3. The van der Waals surface area contributed by atoms with Gasteiger partial charge in [0.2, 0.25) is 0 Å². The van der Waals surface area contributed by atoms with Gasteiger partial charge in [-0.3, -0.25) is 5.10 Å². The summed E-state index contributed by atoms with van der Waals surface area (Å²) in [5, 5.41) is 10.0. The van der Waals surface area contributed by atoms with Crippen molar-refractivity contribution in [3.63, 3.8) is 0 Å². The Morgan fingerprint density at radius 3 is 2.81 bits per heavy atom. The normalized spacial score (nSPS) is 10.8. The summed E-state index contributed by atoms with van der Waals surface area (Å²) in [5.41, 5.74) is 3.10. The summed E-state index contributed by atoms with van der Waals surface area (Å²) in [5.74, 6) is 1.31. The van der Waals surface area contributed by atoms with E-state index in [1.165, 1.54) is 6.07 Å². The summed E-state index contributed by atoms with van der Waals surface area (Å²) >= 11 is 0. The van der Waals surface area contributed by atoms with Crippen molar-refractivity contribution in [2.45, 2.75) is 20.4 Å². The molecule has 0 bridgehead atoms. The zero-order chi connectivity index (χ0) is 14.8. The molecule has 0 unspecified atom stereocenters. The molecule has 0 radical (unpaired) electrons. The number of nitrogens with one attached hydrogen (secondary N) is 2. The Balaban J connectivity index is 1.79. The predicted molar refractivity (Wildman–Crippen MR) is 79.5 cm³/mol. The van der Waals surface area contributed by atoms with Crippen molar-refractivity contribution < 1.29 is 8.81 Å². The molecule has 3 aromatic rings. The van der Waals surface area contributed by atoms with E-state index in [0.29, 0.717) is 12.2 Å². The maximum atomic E-state index is 13.8. The van der Waals surface area contributed by atoms with Crippen LogP contribution >= 0.6 is 0 Å². The van der Waals surface area contributed by atoms with E-state index in [-0.39, 0.29) is 5.82 Å². The minimum absolute atomic E-state index is 0.256. The highest BCUT2D eigenvalue weighted by Gasteiger charge is 2.11. The van der Waals surface area contributed by atoms with Gasteiger partial charge >= 0.3 is 0 Å². The van der Waals surface area contributed by atoms with Gasteiger partial charge < -0.3 is 9.73 Å². The Kier molecular flexibility index (Phi) is 3.48. The van der Waals surface area contributed by atoms with Gasteiger partial charge in [0.1, 0.15) is 17.3 Å². The fourth-order valence-corrected chi connectivity index (χ4v) is 2.18. The number of benzene rings is 1. The first-order chi connectivity index (χ1) is 10.1. The van der Waals surface area contributed by atoms with Crippen molar-refractivity contribution in [1.82, 2.24) is 10.2 Å². The van der Waals surface area contributed by atoms with Gasteiger partial charge in [0.05, 0.1) is 11.9 Å². The highest BCUT2D eigenvalue weighted by Crippen LogP contribution is 2.24. The second-order valence-electron chi connectivity index (χ2n) is 5.02. The van der Waals surface area contributed by atoms with E-state index in [0.717, 1.165) is 28.3 Å². The summed E-state index contributed by atoms with van der Waals surface area (Å²) in [4.78, 5) is 0. The molecule has 4 nitrogen and oxygen atoms in total. The molecule has 2 aromatic heterocycles. The van der Waals surface area contributed by atoms with Gasteiger partial charge in [-0.25, -0.2) is 4.39 Å². The summed E-state index contributed by atoms with van der Waals surface area (Å²) in [6.45, 7) is 4.21. The smallest absolute Gasteiger partial charge is 0.152 e. The number of anilines is 1. The van der Waals surface area contributed by atoms with Gasteiger partial charge in [0.15, 0.2) is 5.76 Å². The van der Waals surface area contributed by atoms with Gasteiger partial charge in [-0.2, -0.15) is 5.10 Å². The number of nitrogens with zero attached hydrogens (tertiary/aromatic N) is 1. The third-order valence-electron chi connectivity index (χ3n) is 3.30. The molecule has 0 saturated heterocycles. The van der Waals surface area contributed by atoms with Gasteiger partial charge in [-0.1, -0.05) is 6.07 Å². The maximum absolute atomic E-state index is 13.8. The van der Waals surface area contributed by atoms with E-state index >= 15 is 0 Å². The third-order valence-corrected chi connectivity index (χ3v) is 3.30. The third kappa shape index (κ3) is 2.81. The molecule has 3 rings (SSSR count). The summed E-state index contributed by atoms with van der Waals surface area (Å²) in [7, 11) is 0. The molecule has 5 heteroatoms. The van der Waals surface area contributed by atoms with Crippen LogP contribution in [-0.2, 0) is 6.54 Å². The Morgan fingerprint density at radius 1 is 1.24 bits per heavy atom. The van der Waals surface area contributed by atoms with E-state index in [1.54, 1.807) is 12.3 Å². The zero-order valence-corrected chi connectivity index (χ0v) is 11.9. The average molecular weight is 285 g/mol. The highest BCUT2D eigenvalue weighted by molar-refractivity contribution is 5.58. The first-order valence-corrected chi connectivity index (χ1v) is 6.72. The van der Waals surface area contributed by atoms with Crippen molar-refractivity contribution in [2.75, 3.05) is 5.32 Å². The molecule has 0 aliphatic carbocycles. The van der Waals surface area contributed by atoms with Crippen LogP contribution in [0.25, 0.3) is 11.5 Å². The lowest BCUT2D eigenvalue weighted by atomic mass is 10.2. The van der Waals surface area contributed by atoms with E-state index in [1.807, 2.05) is 32.0 Å². The lowest BCUT2D eigenvalue weighted by Crippen LogP contribution is -2.02. The van der Waals surface area contributed by atoms with Gasteiger partial charge in [-0.15, -0.1) is 0 Å². The van der Waals surface area contributed by atoms with Crippen LogP contribution in [-0.4, -0.2) is 10.2 Å². The van der Waals surface area contributed by atoms with Gasteiger partial charge in [-0.05, 0) is 43.7 Å². The fraction of sp³-hybridized carbons (Fsp3) is 0.188. The molecular weight excluding hydrogens is 269 g/mol. The number of halogens is 1. The number of aryl methyl sites for hydroxylation is 2. The average Bonchev–Trinajstić information content (AvgIpc) is 3.06. The van der Waals surface area contributed by atoms with Crippen LogP contribution in [0.3, 0.4) is 0 Å². The van der Waals surface area contributed by atoms with Crippen LogP contribution in [0, 0.1) is 19.7 Å². The number of aromatic amines is 1. The number of aromatic nitrogens is 2. The van der Waals surface area contributed by atoms with Crippen molar-refractivity contribution >= 4 is 5.69 Å². The summed E-state index contributed by atoms with van der Waals surface area (Å²) in [6, 6.07) is 8.90. The quantitative estimate of drug-likeness (QED) is 0.760. The van der Waals surface area contributed by atoms with Crippen LogP contribution in [0.4, 0.5) is 10.1 Å². The maximum Gasteiger partial charge on any atom is 0.152 e. The monoisotopic (exact) mass is 285 g/mol. The minimum Gasteiger partial charge on any atom is -0.460 e. The van der Waals surface area contributed by atoms with Gasteiger partial charge in [0.25, 0.3) is 0 Å². The van der Waals surface area contributed by atoms with Crippen molar-refractivity contribution in [2.24, 2.45) is 0 Å². The highest BCUT2D eigenvalue weighted by atomic mass is 19.1. The van der Waals surface area contributed by atoms with Crippen molar-refractivity contribution in [3.8, 4) is 11.5 Å². The second kappa shape index (κ2) is 5.44. The topological polar surface area (TPSA) is 53.9 Å². The fourth-order valence-electron chi connectivity index (χ4n) is 2.18. The van der Waals surface area contributed by atoms with Crippen LogP contribution in [0.15, 0.2) is 40.9 Å². The Bertz CT molecular complexity index is 760. The molecule has 0 spiro atoms. The van der Waals surface area contributed by atoms with E-state index in [9.17, 15) is 4.39 Å². The zero-order valence-electron chi connectivity index (χ0n) is 11.9. The lowest BCUT2D eigenvalue weighted by molar-refractivity contribution is 0.545. The molecule has 0 aliphatic heterocycles. The van der Waals surface area contributed by atoms with E-state index in [2.05, 4.69) is 15.5 Å². The number of hydrogen-bond donors (Lipinski definition) is 2.